The maximum absolute atomic E-state index is 14.2. The first kappa shape index (κ1) is 26.6. The lowest BCUT2D eigenvalue weighted by molar-refractivity contribution is -0.142. The predicted octanol–water partition coefficient (Wildman–Crippen LogP) is 3.61. The molecule has 1 atom stereocenters. The second-order valence-corrected chi connectivity index (χ2v) is 9.02. The number of halogens is 4. The first-order valence-corrected chi connectivity index (χ1v) is 11.2. The summed E-state index contributed by atoms with van der Waals surface area (Å²) < 4.78 is 54.7. The number of amides is 1. The van der Waals surface area contributed by atoms with Crippen LogP contribution in [0.4, 0.5) is 28.9 Å². The summed E-state index contributed by atoms with van der Waals surface area (Å²) in [6.45, 7) is 0.745. The third-order valence-electron chi connectivity index (χ3n) is 5.50. The maximum atomic E-state index is 14.2. The molecule has 38 heavy (non-hydrogen) atoms. The molecule has 0 aromatic carbocycles. The van der Waals surface area contributed by atoms with Crippen LogP contribution in [0.15, 0.2) is 49.1 Å². The number of nitrogens with zero attached hydrogens (tertiary/aromatic N) is 6. The highest BCUT2D eigenvalue weighted by atomic mass is 19.4. The number of anilines is 2. The molecule has 4 rings (SSSR count). The number of aromatic nitrogens is 5. The van der Waals surface area contributed by atoms with Crippen molar-refractivity contribution in [1.29, 1.82) is 5.26 Å². The molecule has 3 N–H and O–H groups in total. The molecule has 0 saturated carbocycles. The van der Waals surface area contributed by atoms with Crippen molar-refractivity contribution >= 4 is 22.8 Å². The van der Waals surface area contributed by atoms with E-state index in [0.29, 0.717) is 27.1 Å². The summed E-state index contributed by atoms with van der Waals surface area (Å²) >= 11 is 0. The van der Waals surface area contributed by atoms with E-state index >= 15 is 0 Å². The molecule has 4 aromatic heterocycles. The Morgan fingerprint density at radius 1 is 1.18 bits per heavy atom. The molecule has 0 spiro atoms. The van der Waals surface area contributed by atoms with Gasteiger partial charge in [0.05, 0.1) is 63.9 Å². The van der Waals surface area contributed by atoms with Crippen molar-refractivity contribution in [3.63, 3.8) is 0 Å². The summed E-state index contributed by atoms with van der Waals surface area (Å²) in [5, 5.41) is 32.1. The molecular weight excluding hydrogens is 508 g/mol. The molecule has 0 saturated heterocycles. The molecule has 0 bridgehead atoms. The van der Waals surface area contributed by atoms with Gasteiger partial charge in [-0.3, -0.25) is 14.5 Å². The smallest absolute Gasteiger partial charge is 0.387 e. The molecule has 14 heteroatoms. The van der Waals surface area contributed by atoms with Crippen molar-refractivity contribution in [3.05, 3.63) is 60.2 Å². The third kappa shape index (κ3) is 6.06. The van der Waals surface area contributed by atoms with Crippen molar-refractivity contribution < 1.29 is 27.5 Å². The zero-order chi connectivity index (χ0) is 27.7. The van der Waals surface area contributed by atoms with Gasteiger partial charge in [-0.25, -0.2) is 8.91 Å². The van der Waals surface area contributed by atoms with E-state index in [1.165, 1.54) is 36.8 Å². The fourth-order valence-electron chi connectivity index (χ4n) is 3.52. The van der Waals surface area contributed by atoms with Crippen molar-refractivity contribution in [2.75, 3.05) is 11.9 Å². The van der Waals surface area contributed by atoms with E-state index in [-0.39, 0.29) is 16.9 Å². The van der Waals surface area contributed by atoms with Gasteiger partial charge in [0, 0.05) is 12.4 Å². The van der Waals surface area contributed by atoms with E-state index in [0.717, 1.165) is 12.4 Å². The summed E-state index contributed by atoms with van der Waals surface area (Å²) in [5.41, 5.74) is 0.447. The molecule has 1 unspecified atom stereocenters. The highest BCUT2D eigenvalue weighted by molar-refractivity contribution is 6.00. The molecule has 10 nitrogen and oxygen atoms in total. The van der Waals surface area contributed by atoms with Crippen LogP contribution in [-0.2, 0) is 6.54 Å². The Morgan fingerprint density at radius 2 is 1.95 bits per heavy atom. The van der Waals surface area contributed by atoms with Gasteiger partial charge in [0.15, 0.2) is 0 Å². The lowest BCUT2D eigenvalue weighted by Crippen LogP contribution is -2.42. The SMILES string of the molecule is CC(C)(O)C(F)CNC(=O)c1cnc(-c2ccc3cc(C#N)cnn23)cc1Nc1cnn(CC(F)(F)F)c1. The van der Waals surface area contributed by atoms with Gasteiger partial charge in [-0.15, -0.1) is 0 Å². The van der Waals surface area contributed by atoms with Crippen molar-refractivity contribution in [2.24, 2.45) is 0 Å². The number of fused-ring (bicyclic) bond motifs is 1. The molecule has 0 aliphatic heterocycles. The topological polar surface area (TPSA) is 133 Å². The van der Waals surface area contributed by atoms with E-state index in [9.17, 15) is 27.5 Å². The van der Waals surface area contributed by atoms with Gasteiger partial charge in [-0.1, -0.05) is 0 Å². The quantitative estimate of drug-likeness (QED) is 0.297. The van der Waals surface area contributed by atoms with Crippen LogP contribution in [0.1, 0.15) is 29.8 Å². The molecule has 0 aliphatic carbocycles. The first-order chi connectivity index (χ1) is 17.8. The van der Waals surface area contributed by atoms with Gasteiger partial charge >= 0.3 is 6.18 Å². The number of rotatable bonds is 8. The van der Waals surface area contributed by atoms with Crippen molar-refractivity contribution in [2.45, 2.75) is 38.3 Å². The number of nitrogens with one attached hydrogen (secondary N) is 2. The summed E-state index contributed by atoms with van der Waals surface area (Å²) in [7, 11) is 0. The van der Waals surface area contributed by atoms with E-state index in [4.69, 9.17) is 5.26 Å². The third-order valence-corrected chi connectivity index (χ3v) is 5.50. The summed E-state index contributed by atoms with van der Waals surface area (Å²) in [6, 6.07) is 8.54. The van der Waals surface area contributed by atoms with Gasteiger partial charge in [0.2, 0.25) is 0 Å². The van der Waals surface area contributed by atoms with Crippen LogP contribution in [0.2, 0.25) is 0 Å². The highest BCUT2D eigenvalue weighted by Gasteiger charge is 2.29. The van der Waals surface area contributed by atoms with E-state index in [1.807, 2.05) is 6.07 Å². The number of carbonyl (C=O) groups excluding carboxylic acids is 1. The Labute approximate surface area is 213 Å². The molecule has 0 radical (unpaired) electrons. The molecule has 4 heterocycles. The van der Waals surface area contributed by atoms with Gasteiger partial charge in [-0.2, -0.15) is 28.6 Å². The van der Waals surface area contributed by atoms with E-state index in [2.05, 4.69) is 25.8 Å². The van der Waals surface area contributed by atoms with Crippen LogP contribution in [-0.4, -0.2) is 59.9 Å². The molecule has 0 fully saturated rings. The molecule has 1 amide bonds. The summed E-state index contributed by atoms with van der Waals surface area (Å²) in [6.07, 6.45) is -1.34. The second-order valence-electron chi connectivity index (χ2n) is 9.02. The van der Waals surface area contributed by atoms with Crippen LogP contribution < -0.4 is 10.6 Å². The molecule has 0 aliphatic rings. The number of nitriles is 1. The Morgan fingerprint density at radius 3 is 2.63 bits per heavy atom. The number of pyridine rings is 1. The normalized spacial score (nSPS) is 12.8. The number of hydrogen-bond donors (Lipinski definition) is 3. The molecular formula is C24H22F4N8O2. The second kappa shape index (κ2) is 10.1. The number of alkyl halides is 4. The van der Waals surface area contributed by atoms with Gasteiger partial charge < -0.3 is 15.7 Å². The average molecular weight is 530 g/mol. The zero-order valence-electron chi connectivity index (χ0n) is 20.2. The van der Waals surface area contributed by atoms with Crippen molar-refractivity contribution in [1.82, 2.24) is 29.7 Å². The largest absolute Gasteiger partial charge is 0.408 e. The Hall–Kier alpha value is -4.51. The van der Waals surface area contributed by atoms with Crippen LogP contribution in [0.5, 0.6) is 0 Å². The summed E-state index contributed by atoms with van der Waals surface area (Å²) in [4.78, 5) is 17.2. The van der Waals surface area contributed by atoms with Crippen molar-refractivity contribution in [3.8, 4) is 17.5 Å². The number of aliphatic hydroxyl groups is 1. The first-order valence-electron chi connectivity index (χ1n) is 11.2. The highest BCUT2D eigenvalue weighted by Crippen LogP contribution is 2.28. The Bertz CT molecular complexity index is 1510. The fraction of sp³-hybridized carbons (Fsp3) is 0.292. The minimum atomic E-state index is -4.48. The van der Waals surface area contributed by atoms with E-state index < -0.39 is 36.9 Å². The average Bonchev–Trinajstić information content (AvgIpc) is 3.46. The molecule has 4 aromatic rings. The fourth-order valence-corrected chi connectivity index (χ4v) is 3.52. The minimum absolute atomic E-state index is 0.0270. The monoisotopic (exact) mass is 530 g/mol. The van der Waals surface area contributed by atoms with Gasteiger partial charge in [0.25, 0.3) is 5.91 Å². The maximum Gasteiger partial charge on any atom is 0.408 e. The van der Waals surface area contributed by atoms with Crippen LogP contribution >= 0.6 is 0 Å². The lowest BCUT2D eigenvalue weighted by atomic mass is 10.0. The van der Waals surface area contributed by atoms with Gasteiger partial charge in [0.1, 0.15) is 18.8 Å². The predicted molar refractivity (Wildman–Crippen MR) is 128 cm³/mol. The van der Waals surface area contributed by atoms with E-state index in [1.54, 1.807) is 18.2 Å². The van der Waals surface area contributed by atoms with Crippen LogP contribution in [0.25, 0.3) is 16.9 Å². The zero-order valence-corrected chi connectivity index (χ0v) is 20.2. The van der Waals surface area contributed by atoms with Crippen LogP contribution in [0.3, 0.4) is 0 Å². The Balaban J connectivity index is 1.69. The van der Waals surface area contributed by atoms with Crippen LogP contribution in [0, 0.1) is 11.3 Å². The number of carbonyl (C=O) groups is 1. The minimum Gasteiger partial charge on any atom is -0.387 e. The summed E-state index contributed by atoms with van der Waals surface area (Å²) in [5.74, 6) is -0.724. The standard InChI is InChI=1S/C24H22F4N8O2/c1-23(2,38)21(25)11-31-22(37)17-10-30-19(20-4-3-16-5-14(7-29)8-33-36(16)20)6-18(17)34-15-9-32-35(12-15)13-24(26,27)28/h3-6,8-10,12,21,38H,11,13H2,1-2H3,(H,30,34)(H,31,37). The van der Waals surface area contributed by atoms with Gasteiger partial charge in [-0.05, 0) is 38.1 Å². The lowest BCUT2D eigenvalue weighted by Gasteiger charge is -2.22. The Kier molecular flexibility index (Phi) is 7.05. The molecule has 198 valence electrons. The number of hydrogen-bond acceptors (Lipinski definition) is 7.